The fraction of sp³-hybridized carbons (Fsp3) is 0.154. The smallest absolute Gasteiger partial charge is 0.300 e. The zero-order valence-electron chi connectivity index (χ0n) is 17.6. The summed E-state index contributed by atoms with van der Waals surface area (Å²) >= 11 is 5.96. The number of aliphatic hydroxyl groups is 1. The lowest BCUT2D eigenvalue weighted by atomic mass is 9.94. The van der Waals surface area contributed by atoms with Crippen molar-refractivity contribution in [3.05, 3.63) is 99.8 Å². The van der Waals surface area contributed by atoms with Gasteiger partial charge in [0.1, 0.15) is 23.4 Å². The van der Waals surface area contributed by atoms with Crippen LogP contribution in [0.3, 0.4) is 0 Å². The molecule has 33 heavy (non-hydrogen) atoms. The van der Waals surface area contributed by atoms with Crippen LogP contribution in [0.2, 0.25) is 5.02 Å². The van der Waals surface area contributed by atoms with Crippen molar-refractivity contribution in [1.29, 1.82) is 0 Å². The van der Waals surface area contributed by atoms with Crippen molar-refractivity contribution in [2.75, 3.05) is 4.90 Å². The quantitative estimate of drug-likeness (QED) is 0.319. The monoisotopic (exact) mass is 463 g/mol. The van der Waals surface area contributed by atoms with Gasteiger partial charge in [-0.1, -0.05) is 41.9 Å². The number of anilines is 1. The van der Waals surface area contributed by atoms with Crippen LogP contribution < -0.4 is 9.64 Å². The second-order valence-electron chi connectivity index (χ2n) is 8.13. The molecule has 3 aromatic carbocycles. The number of carbonyl (C=O) groups excluding carboxylic acids is 2. The number of halogens is 2. The second kappa shape index (κ2) is 8.05. The fourth-order valence-corrected chi connectivity index (χ4v) is 4.58. The van der Waals surface area contributed by atoms with Crippen molar-refractivity contribution in [1.82, 2.24) is 0 Å². The number of ketones is 1. The predicted molar refractivity (Wildman–Crippen MR) is 123 cm³/mol. The number of fused-ring (bicyclic) bond motifs is 1. The normalized spacial score (nSPS) is 21.2. The third-order valence-corrected chi connectivity index (χ3v) is 6.20. The summed E-state index contributed by atoms with van der Waals surface area (Å²) in [6.07, 6.45) is 0.705. The number of nitrogens with zero attached hydrogens (tertiary/aromatic N) is 1. The van der Waals surface area contributed by atoms with Crippen LogP contribution in [0.5, 0.6) is 5.75 Å². The fourth-order valence-electron chi connectivity index (χ4n) is 4.41. The van der Waals surface area contributed by atoms with Crippen LogP contribution in [-0.2, 0) is 16.0 Å². The van der Waals surface area contributed by atoms with E-state index in [0.717, 1.165) is 17.4 Å². The highest BCUT2D eigenvalue weighted by Gasteiger charge is 2.47. The Kier molecular flexibility index (Phi) is 5.17. The molecule has 1 saturated heterocycles. The highest BCUT2D eigenvalue weighted by molar-refractivity contribution is 6.51. The average Bonchev–Trinajstić information content (AvgIpc) is 3.31. The van der Waals surface area contributed by atoms with E-state index in [-0.39, 0.29) is 28.1 Å². The topological polar surface area (TPSA) is 66.8 Å². The van der Waals surface area contributed by atoms with Gasteiger partial charge in [0.15, 0.2) is 0 Å². The number of hydrogen-bond acceptors (Lipinski definition) is 4. The molecule has 166 valence electrons. The van der Waals surface area contributed by atoms with Gasteiger partial charge in [0.05, 0.1) is 16.6 Å². The first-order valence-corrected chi connectivity index (χ1v) is 10.8. The molecule has 1 amide bonds. The number of aliphatic hydroxyl groups excluding tert-OH is 1. The highest BCUT2D eigenvalue weighted by atomic mass is 35.5. The van der Waals surface area contributed by atoms with Crippen LogP contribution in [0.15, 0.2) is 72.3 Å². The van der Waals surface area contributed by atoms with Crippen molar-refractivity contribution < 1.29 is 23.8 Å². The van der Waals surface area contributed by atoms with Gasteiger partial charge in [-0.3, -0.25) is 14.5 Å². The Bertz CT molecular complexity index is 1320. The number of ether oxygens (including phenoxy) is 1. The standard InChI is InChI=1S/C26H19ClFNO4/c1-14-11-17-12-16(7-10-21(17)33-14)24(30)22-23(15-5-3-2-4-6-15)29(26(32)25(22)31)18-8-9-20(28)19(27)13-18/h2-10,12-14,23,30H,11H2,1H3/b24-22-. The summed E-state index contributed by atoms with van der Waals surface area (Å²) < 4.78 is 19.5. The number of hydrogen-bond donors (Lipinski definition) is 1. The molecule has 2 atom stereocenters. The molecule has 0 bridgehead atoms. The largest absolute Gasteiger partial charge is 0.507 e. The van der Waals surface area contributed by atoms with E-state index in [1.165, 1.54) is 17.0 Å². The second-order valence-corrected chi connectivity index (χ2v) is 8.54. The van der Waals surface area contributed by atoms with E-state index >= 15 is 0 Å². The van der Waals surface area contributed by atoms with Crippen molar-refractivity contribution >= 4 is 34.7 Å². The molecule has 1 fully saturated rings. The first-order valence-electron chi connectivity index (χ1n) is 10.5. The Morgan fingerprint density at radius 1 is 1.09 bits per heavy atom. The zero-order chi connectivity index (χ0) is 23.3. The summed E-state index contributed by atoms with van der Waals surface area (Å²) in [6.45, 7) is 1.95. The summed E-state index contributed by atoms with van der Waals surface area (Å²) in [7, 11) is 0. The summed E-state index contributed by atoms with van der Waals surface area (Å²) in [5.74, 6) is -1.83. The van der Waals surface area contributed by atoms with Gasteiger partial charge in [-0.05, 0) is 54.4 Å². The Morgan fingerprint density at radius 3 is 2.58 bits per heavy atom. The SMILES string of the molecule is CC1Cc2cc(/C(O)=C3/C(=O)C(=O)N(c4ccc(F)c(Cl)c4)C3c3ccccc3)ccc2O1. The molecular formula is C26H19ClFNO4. The molecule has 2 unspecified atom stereocenters. The van der Waals surface area contributed by atoms with Gasteiger partial charge in [0.25, 0.3) is 11.7 Å². The van der Waals surface area contributed by atoms with E-state index in [4.69, 9.17) is 16.3 Å². The van der Waals surface area contributed by atoms with Crippen LogP contribution in [0.1, 0.15) is 29.7 Å². The van der Waals surface area contributed by atoms with Gasteiger partial charge >= 0.3 is 0 Å². The number of Topliss-reactive ketones (excluding diaryl/α,β-unsaturated/α-hetero) is 1. The maximum Gasteiger partial charge on any atom is 0.300 e. The number of benzene rings is 3. The molecule has 0 saturated carbocycles. The van der Waals surface area contributed by atoms with Crippen LogP contribution in [-0.4, -0.2) is 22.9 Å². The molecule has 3 aromatic rings. The minimum Gasteiger partial charge on any atom is -0.507 e. The average molecular weight is 464 g/mol. The molecular weight excluding hydrogens is 445 g/mol. The molecule has 5 nitrogen and oxygen atoms in total. The molecule has 0 aromatic heterocycles. The molecule has 2 aliphatic heterocycles. The summed E-state index contributed by atoms with van der Waals surface area (Å²) in [5, 5.41) is 11.1. The van der Waals surface area contributed by atoms with E-state index in [2.05, 4.69) is 0 Å². The van der Waals surface area contributed by atoms with E-state index in [1.54, 1.807) is 42.5 Å². The van der Waals surface area contributed by atoms with Gasteiger partial charge in [0, 0.05) is 17.7 Å². The Hall–Kier alpha value is -3.64. The van der Waals surface area contributed by atoms with E-state index < -0.39 is 23.5 Å². The van der Waals surface area contributed by atoms with Crippen LogP contribution in [0.4, 0.5) is 10.1 Å². The van der Waals surface area contributed by atoms with Crippen LogP contribution >= 0.6 is 11.6 Å². The van der Waals surface area contributed by atoms with E-state index in [9.17, 15) is 19.1 Å². The highest BCUT2D eigenvalue weighted by Crippen LogP contribution is 2.43. The molecule has 2 heterocycles. The van der Waals surface area contributed by atoms with Gasteiger partial charge < -0.3 is 9.84 Å². The van der Waals surface area contributed by atoms with Gasteiger partial charge in [-0.15, -0.1) is 0 Å². The summed E-state index contributed by atoms with van der Waals surface area (Å²) in [5.41, 5.74) is 2.17. The van der Waals surface area contributed by atoms with E-state index in [0.29, 0.717) is 17.5 Å². The Morgan fingerprint density at radius 2 is 1.85 bits per heavy atom. The molecule has 1 N–H and O–H groups in total. The third-order valence-electron chi connectivity index (χ3n) is 5.91. The van der Waals surface area contributed by atoms with Crippen molar-refractivity contribution in [2.24, 2.45) is 0 Å². The minimum absolute atomic E-state index is 0.0236. The van der Waals surface area contributed by atoms with Gasteiger partial charge in [0.2, 0.25) is 0 Å². The molecule has 5 rings (SSSR count). The molecule has 7 heteroatoms. The first-order chi connectivity index (χ1) is 15.8. The maximum atomic E-state index is 13.8. The lowest BCUT2D eigenvalue weighted by Crippen LogP contribution is -2.29. The maximum absolute atomic E-state index is 13.8. The number of carbonyl (C=O) groups is 2. The zero-order valence-corrected chi connectivity index (χ0v) is 18.3. The van der Waals surface area contributed by atoms with E-state index in [1.807, 2.05) is 13.0 Å². The molecule has 2 aliphatic rings. The van der Waals surface area contributed by atoms with Crippen molar-refractivity contribution in [2.45, 2.75) is 25.5 Å². The minimum atomic E-state index is -0.906. The van der Waals surface area contributed by atoms with Crippen LogP contribution in [0, 0.1) is 5.82 Å². The lowest BCUT2D eigenvalue weighted by Gasteiger charge is -2.25. The first kappa shape index (κ1) is 21.2. The molecule has 0 spiro atoms. The number of rotatable bonds is 3. The van der Waals surface area contributed by atoms with Gasteiger partial charge in [-0.25, -0.2) is 4.39 Å². The molecule has 0 aliphatic carbocycles. The Balaban J connectivity index is 1.69. The third kappa shape index (κ3) is 3.56. The lowest BCUT2D eigenvalue weighted by molar-refractivity contribution is -0.132. The van der Waals surface area contributed by atoms with Crippen LogP contribution in [0.25, 0.3) is 5.76 Å². The molecule has 0 radical (unpaired) electrons. The number of amides is 1. The van der Waals surface area contributed by atoms with Gasteiger partial charge in [-0.2, -0.15) is 0 Å². The predicted octanol–water partition coefficient (Wildman–Crippen LogP) is 5.43. The van der Waals surface area contributed by atoms with Crippen molar-refractivity contribution in [3.63, 3.8) is 0 Å². The van der Waals surface area contributed by atoms with Crippen molar-refractivity contribution in [3.8, 4) is 5.75 Å². The summed E-state index contributed by atoms with van der Waals surface area (Å²) in [4.78, 5) is 27.6. The summed E-state index contributed by atoms with van der Waals surface area (Å²) in [6, 6.07) is 17.0. The Labute approximate surface area is 194 Å².